The largest absolute Gasteiger partial charge is 0.494 e. The molecule has 0 atom stereocenters. The van der Waals surface area contributed by atoms with E-state index in [1.54, 1.807) is 18.4 Å². The summed E-state index contributed by atoms with van der Waals surface area (Å²) >= 11 is 1.64. The van der Waals surface area contributed by atoms with Crippen molar-refractivity contribution < 1.29 is 14.6 Å². The molecule has 24 heavy (non-hydrogen) atoms. The van der Waals surface area contributed by atoms with Crippen LogP contribution >= 0.6 is 11.3 Å². The minimum Gasteiger partial charge on any atom is -0.494 e. The summed E-state index contributed by atoms with van der Waals surface area (Å²) in [6.45, 7) is 2.80. The van der Waals surface area contributed by atoms with E-state index in [2.05, 4.69) is 9.88 Å². The van der Waals surface area contributed by atoms with Crippen LogP contribution in [-0.4, -0.2) is 60.3 Å². The van der Waals surface area contributed by atoms with E-state index in [1.165, 1.54) is 0 Å². The van der Waals surface area contributed by atoms with Crippen molar-refractivity contribution in [2.45, 2.75) is 18.9 Å². The maximum Gasteiger partial charge on any atom is 0.229 e. The van der Waals surface area contributed by atoms with Gasteiger partial charge in [0, 0.05) is 26.2 Å². The van der Waals surface area contributed by atoms with Gasteiger partial charge < -0.3 is 19.6 Å². The van der Waals surface area contributed by atoms with Crippen LogP contribution in [0.2, 0.25) is 0 Å². The Hall–Kier alpha value is -1.86. The molecular weight excluding hydrogens is 326 g/mol. The molecule has 0 saturated carbocycles. The Kier molecular flexibility index (Phi) is 4.05. The highest BCUT2D eigenvalue weighted by Crippen LogP contribution is 2.36. The topological polar surface area (TPSA) is 65.9 Å². The predicted molar refractivity (Wildman–Crippen MR) is 93.7 cm³/mol. The first-order valence-electron chi connectivity index (χ1n) is 8.31. The van der Waals surface area contributed by atoms with Gasteiger partial charge in [0.1, 0.15) is 11.3 Å². The Balaban J connectivity index is 1.41. The number of methoxy groups -OCH3 is 1. The Morgan fingerprint density at radius 3 is 2.79 bits per heavy atom. The first-order chi connectivity index (χ1) is 11.7. The molecule has 1 N–H and O–H groups in total. The molecule has 4 rings (SSSR count). The smallest absolute Gasteiger partial charge is 0.229 e. The van der Waals surface area contributed by atoms with E-state index in [-0.39, 0.29) is 17.9 Å². The van der Waals surface area contributed by atoms with E-state index >= 15 is 0 Å². The minimum absolute atomic E-state index is 0.0501. The van der Waals surface area contributed by atoms with Crippen molar-refractivity contribution >= 4 is 32.6 Å². The molecule has 128 valence electrons. The van der Waals surface area contributed by atoms with Crippen molar-refractivity contribution in [3.63, 3.8) is 0 Å². The molecule has 0 bridgehead atoms. The van der Waals surface area contributed by atoms with Gasteiger partial charge >= 0.3 is 0 Å². The molecule has 0 radical (unpaired) electrons. The summed E-state index contributed by atoms with van der Waals surface area (Å²) in [5, 5.41) is 10.5. The van der Waals surface area contributed by atoms with Gasteiger partial charge in [-0.3, -0.25) is 4.79 Å². The monoisotopic (exact) mass is 347 g/mol. The fourth-order valence-electron chi connectivity index (χ4n) is 3.35. The summed E-state index contributed by atoms with van der Waals surface area (Å²) in [4.78, 5) is 21.3. The maximum atomic E-state index is 12.5. The van der Waals surface area contributed by atoms with Gasteiger partial charge in [0.15, 0.2) is 5.13 Å². The number of amides is 1. The Morgan fingerprint density at radius 2 is 2.08 bits per heavy atom. The van der Waals surface area contributed by atoms with E-state index < -0.39 is 0 Å². The second kappa shape index (κ2) is 6.22. The number of hydrogen-bond acceptors (Lipinski definition) is 6. The molecule has 2 aliphatic heterocycles. The van der Waals surface area contributed by atoms with Crippen LogP contribution in [0.5, 0.6) is 5.75 Å². The number of rotatable bonds is 3. The van der Waals surface area contributed by atoms with Gasteiger partial charge in [-0.1, -0.05) is 17.4 Å². The van der Waals surface area contributed by atoms with Crippen LogP contribution in [0.1, 0.15) is 12.8 Å². The van der Waals surface area contributed by atoms with E-state index in [4.69, 9.17) is 4.74 Å². The van der Waals surface area contributed by atoms with Gasteiger partial charge in [-0.05, 0) is 25.0 Å². The van der Waals surface area contributed by atoms with Crippen molar-refractivity contribution in [2.75, 3.05) is 38.2 Å². The van der Waals surface area contributed by atoms with Crippen LogP contribution in [0.25, 0.3) is 10.2 Å². The second-order valence-corrected chi connectivity index (χ2v) is 7.47. The highest BCUT2D eigenvalue weighted by atomic mass is 32.1. The van der Waals surface area contributed by atoms with Crippen molar-refractivity contribution in [1.82, 2.24) is 9.88 Å². The Bertz CT molecular complexity index is 749. The number of benzene rings is 1. The number of fused-ring (bicyclic) bond motifs is 1. The number of carbonyl (C=O) groups is 1. The number of thiazole rings is 1. The average molecular weight is 347 g/mol. The van der Waals surface area contributed by atoms with Crippen LogP contribution < -0.4 is 9.64 Å². The van der Waals surface area contributed by atoms with Gasteiger partial charge in [-0.25, -0.2) is 4.98 Å². The van der Waals surface area contributed by atoms with Crippen LogP contribution in [-0.2, 0) is 4.79 Å². The standard InChI is InChI=1S/C17H21N3O3S/c1-23-13-3-2-4-14-15(13)18-17(24-14)20-9-11(10-20)16(22)19-7-5-12(21)6-8-19/h2-4,11-12,21H,5-10H2,1H3. The SMILES string of the molecule is COc1cccc2sc(N3CC(C(=O)N4CCC(O)CC4)C3)nc12. The number of likely N-dealkylation sites (tertiary alicyclic amines) is 1. The van der Waals surface area contributed by atoms with Gasteiger partial charge in [-0.2, -0.15) is 0 Å². The predicted octanol–water partition coefficient (Wildman–Crippen LogP) is 1.72. The van der Waals surface area contributed by atoms with Gasteiger partial charge in [0.25, 0.3) is 0 Å². The number of ether oxygens (including phenoxy) is 1. The average Bonchev–Trinajstić information content (AvgIpc) is 2.97. The third kappa shape index (κ3) is 2.71. The van der Waals surface area contributed by atoms with E-state index in [9.17, 15) is 9.90 Å². The lowest BCUT2D eigenvalue weighted by Gasteiger charge is -2.41. The molecule has 2 aliphatic rings. The van der Waals surface area contributed by atoms with Crippen molar-refractivity contribution in [3.8, 4) is 5.75 Å². The minimum atomic E-state index is -0.246. The molecule has 1 amide bonds. The Morgan fingerprint density at radius 1 is 1.33 bits per heavy atom. The lowest BCUT2D eigenvalue weighted by atomic mass is 9.97. The summed E-state index contributed by atoms with van der Waals surface area (Å²) in [5.41, 5.74) is 0.889. The molecule has 1 aromatic heterocycles. The molecule has 3 heterocycles. The number of aliphatic hydroxyl groups excluding tert-OH is 1. The van der Waals surface area contributed by atoms with Gasteiger partial charge in [0.2, 0.25) is 5.91 Å². The zero-order valence-electron chi connectivity index (χ0n) is 13.6. The van der Waals surface area contributed by atoms with E-state index in [0.717, 1.165) is 34.2 Å². The highest BCUT2D eigenvalue weighted by Gasteiger charge is 2.37. The summed E-state index contributed by atoms with van der Waals surface area (Å²) in [6.07, 6.45) is 1.14. The molecular formula is C17H21N3O3S. The van der Waals surface area contributed by atoms with E-state index in [0.29, 0.717) is 25.9 Å². The number of piperidine rings is 1. The van der Waals surface area contributed by atoms with Crippen molar-refractivity contribution in [2.24, 2.45) is 5.92 Å². The quantitative estimate of drug-likeness (QED) is 0.916. The number of para-hydroxylation sites is 1. The lowest BCUT2D eigenvalue weighted by Crippen LogP contribution is -2.56. The first kappa shape index (κ1) is 15.7. The first-order valence-corrected chi connectivity index (χ1v) is 9.12. The fourth-order valence-corrected chi connectivity index (χ4v) is 4.35. The van der Waals surface area contributed by atoms with Gasteiger partial charge in [0.05, 0.1) is 23.8 Å². The van der Waals surface area contributed by atoms with Crippen molar-refractivity contribution in [3.05, 3.63) is 18.2 Å². The molecule has 0 unspecified atom stereocenters. The van der Waals surface area contributed by atoms with Gasteiger partial charge in [-0.15, -0.1) is 0 Å². The number of aliphatic hydroxyl groups is 1. The fraction of sp³-hybridized carbons (Fsp3) is 0.529. The molecule has 0 spiro atoms. The van der Waals surface area contributed by atoms with Crippen LogP contribution in [0.4, 0.5) is 5.13 Å². The number of hydrogen-bond donors (Lipinski definition) is 1. The molecule has 0 aliphatic carbocycles. The number of aromatic nitrogens is 1. The summed E-state index contributed by atoms with van der Waals surface area (Å²) in [5.74, 6) is 1.06. The zero-order chi connectivity index (χ0) is 16.7. The second-order valence-electron chi connectivity index (χ2n) is 6.46. The van der Waals surface area contributed by atoms with E-state index in [1.807, 2.05) is 23.1 Å². The molecule has 6 nitrogen and oxygen atoms in total. The third-order valence-electron chi connectivity index (χ3n) is 4.87. The molecule has 1 aromatic carbocycles. The Labute approximate surface area is 144 Å². The van der Waals surface area contributed by atoms with Crippen LogP contribution in [0.15, 0.2) is 18.2 Å². The molecule has 2 fully saturated rings. The lowest BCUT2D eigenvalue weighted by molar-refractivity contribution is -0.138. The normalized spacial score (nSPS) is 19.6. The van der Waals surface area contributed by atoms with Crippen LogP contribution in [0.3, 0.4) is 0 Å². The number of nitrogens with zero attached hydrogens (tertiary/aromatic N) is 3. The number of anilines is 1. The molecule has 2 aromatic rings. The molecule has 7 heteroatoms. The highest BCUT2D eigenvalue weighted by molar-refractivity contribution is 7.22. The third-order valence-corrected chi connectivity index (χ3v) is 5.95. The summed E-state index contributed by atoms with van der Waals surface area (Å²) in [7, 11) is 1.65. The number of carbonyl (C=O) groups excluding carboxylic acids is 1. The molecule has 2 saturated heterocycles. The zero-order valence-corrected chi connectivity index (χ0v) is 14.5. The summed E-state index contributed by atoms with van der Waals surface area (Å²) in [6, 6.07) is 5.93. The summed E-state index contributed by atoms with van der Waals surface area (Å²) < 4.78 is 6.47. The van der Waals surface area contributed by atoms with Crippen molar-refractivity contribution in [1.29, 1.82) is 0 Å². The maximum absolute atomic E-state index is 12.5. The van der Waals surface area contributed by atoms with Crippen LogP contribution in [0, 0.1) is 5.92 Å².